The predicted molar refractivity (Wildman–Crippen MR) is 127 cm³/mol. The standard InChI is InChI=1S/C26H29NO7/c1-4-33-25(29)17-6-5-11-27(14-17)15-21-22(28)10-7-16-12-20(26(30)34-24(16)21)19-9-8-18(31-2)13-23(19)32-3/h7-10,12-13,17,28H,4-6,11,14-15H2,1-3H3. The summed E-state index contributed by atoms with van der Waals surface area (Å²) >= 11 is 0. The Morgan fingerprint density at radius 3 is 2.71 bits per heavy atom. The van der Waals surface area contributed by atoms with Crippen LogP contribution in [0.1, 0.15) is 25.3 Å². The maximum absolute atomic E-state index is 13.0. The molecule has 1 atom stereocenters. The summed E-state index contributed by atoms with van der Waals surface area (Å²) in [6, 6.07) is 10.3. The maximum atomic E-state index is 13.0. The maximum Gasteiger partial charge on any atom is 0.344 e. The van der Waals surface area contributed by atoms with Gasteiger partial charge in [-0.2, -0.15) is 0 Å². The van der Waals surface area contributed by atoms with Crippen LogP contribution in [-0.2, 0) is 16.1 Å². The fraction of sp³-hybridized carbons (Fsp3) is 0.385. The summed E-state index contributed by atoms with van der Waals surface area (Å²) in [4.78, 5) is 27.3. The summed E-state index contributed by atoms with van der Waals surface area (Å²) in [5.41, 5.74) is 1.25. The molecule has 1 fully saturated rings. The summed E-state index contributed by atoms with van der Waals surface area (Å²) < 4.78 is 21.6. The van der Waals surface area contributed by atoms with Crippen LogP contribution in [0.2, 0.25) is 0 Å². The second kappa shape index (κ2) is 10.2. The Bertz CT molecular complexity index is 1250. The van der Waals surface area contributed by atoms with Crippen molar-refractivity contribution in [3.63, 3.8) is 0 Å². The summed E-state index contributed by atoms with van der Waals surface area (Å²) in [5.74, 6) is 0.749. The third-order valence-electron chi connectivity index (χ3n) is 6.19. The molecule has 180 valence electrons. The lowest BCUT2D eigenvalue weighted by Gasteiger charge is -2.31. The number of ether oxygens (including phenoxy) is 3. The highest BCUT2D eigenvalue weighted by Gasteiger charge is 2.28. The van der Waals surface area contributed by atoms with Gasteiger partial charge in [0.25, 0.3) is 0 Å². The van der Waals surface area contributed by atoms with Gasteiger partial charge in [-0.25, -0.2) is 4.79 Å². The van der Waals surface area contributed by atoms with Crippen LogP contribution < -0.4 is 15.1 Å². The molecule has 2 aromatic carbocycles. The molecule has 0 bridgehead atoms. The first kappa shape index (κ1) is 23.6. The van der Waals surface area contributed by atoms with E-state index in [-0.39, 0.29) is 17.6 Å². The Balaban J connectivity index is 1.69. The lowest BCUT2D eigenvalue weighted by atomic mass is 9.97. The molecule has 0 spiro atoms. The number of nitrogens with zero attached hydrogens (tertiary/aromatic N) is 1. The van der Waals surface area contributed by atoms with E-state index in [1.165, 1.54) is 7.11 Å². The third kappa shape index (κ3) is 4.72. The monoisotopic (exact) mass is 467 g/mol. The molecule has 0 aliphatic carbocycles. The predicted octanol–water partition coefficient (Wildman–Crippen LogP) is 3.96. The molecule has 1 aliphatic rings. The minimum absolute atomic E-state index is 0.0451. The zero-order valence-corrected chi connectivity index (χ0v) is 19.6. The smallest absolute Gasteiger partial charge is 0.344 e. The number of hydrogen-bond acceptors (Lipinski definition) is 8. The fourth-order valence-corrected chi connectivity index (χ4v) is 4.47. The molecule has 34 heavy (non-hydrogen) atoms. The van der Waals surface area contributed by atoms with Gasteiger partial charge in [0.1, 0.15) is 22.8 Å². The number of esters is 1. The van der Waals surface area contributed by atoms with Gasteiger partial charge in [0.2, 0.25) is 0 Å². The molecular weight excluding hydrogens is 438 g/mol. The quantitative estimate of drug-likeness (QED) is 0.412. The number of phenols is 1. The number of rotatable bonds is 7. The molecule has 1 aliphatic heterocycles. The van der Waals surface area contributed by atoms with Crippen molar-refractivity contribution in [1.82, 2.24) is 4.90 Å². The van der Waals surface area contributed by atoms with Gasteiger partial charge in [0.05, 0.1) is 37.9 Å². The molecule has 1 aromatic heterocycles. The van der Waals surface area contributed by atoms with Crippen LogP contribution >= 0.6 is 0 Å². The highest BCUT2D eigenvalue weighted by atomic mass is 16.5. The van der Waals surface area contributed by atoms with Crippen molar-refractivity contribution in [2.75, 3.05) is 33.9 Å². The van der Waals surface area contributed by atoms with E-state index in [2.05, 4.69) is 4.90 Å². The van der Waals surface area contributed by atoms with Crippen LogP contribution in [-0.4, -0.2) is 49.9 Å². The Hall–Kier alpha value is -3.52. The van der Waals surface area contributed by atoms with Gasteiger partial charge in [-0.3, -0.25) is 9.69 Å². The average Bonchev–Trinajstić information content (AvgIpc) is 2.85. The van der Waals surface area contributed by atoms with Crippen molar-refractivity contribution in [3.05, 3.63) is 52.4 Å². The molecule has 8 nitrogen and oxygen atoms in total. The first-order chi connectivity index (χ1) is 16.4. The second-order valence-corrected chi connectivity index (χ2v) is 8.32. The number of methoxy groups -OCH3 is 2. The van der Waals surface area contributed by atoms with E-state index >= 15 is 0 Å². The Morgan fingerprint density at radius 1 is 1.15 bits per heavy atom. The van der Waals surface area contributed by atoms with E-state index in [0.29, 0.717) is 58.9 Å². The second-order valence-electron chi connectivity index (χ2n) is 8.32. The molecule has 4 rings (SSSR count). The Labute approximate surface area is 197 Å². The Morgan fingerprint density at radius 2 is 1.97 bits per heavy atom. The Kier molecular flexibility index (Phi) is 7.07. The lowest BCUT2D eigenvalue weighted by Crippen LogP contribution is -2.39. The molecule has 2 heterocycles. The van der Waals surface area contributed by atoms with Crippen LogP contribution in [0.25, 0.3) is 22.1 Å². The summed E-state index contributed by atoms with van der Waals surface area (Å²) in [5, 5.41) is 11.3. The minimum atomic E-state index is -0.536. The van der Waals surface area contributed by atoms with Crippen LogP contribution in [0.3, 0.4) is 0 Å². The first-order valence-corrected chi connectivity index (χ1v) is 11.3. The van der Waals surface area contributed by atoms with Gasteiger partial charge in [-0.15, -0.1) is 0 Å². The van der Waals surface area contributed by atoms with Gasteiger partial charge in [0, 0.05) is 30.1 Å². The van der Waals surface area contributed by atoms with Gasteiger partial charge < -0.3 is 23.7 Å². The van der Waals surface area contributed by atoms with E-state index < -0.39 is 5.63 Å². The average molecular weight is 468 g/mol. The summed E-state index contributed by atoms with van der Waals surface area (Å²) in [7, 11) is 3.09. The van der Waals surface area contributed by atoms with E-state index in [9.17, 15) is 14.7 Å². The van der Waals surface area contributed by atoms with Gasteiger partial charge in [-0.1, -0.05) is 0 Å². The number of carbonyl (C=O) groups is 1. The molecule has 1 unspecified atom stereocenters. The van der Waals surface area contributed by atoms with Crippen molar-refractivity contribution in [2.24, 2.45) is 5.92 Å². The molecule has 0 amide bonds. The molecule has 3 aromatic rings. The SMILES string of the molecule is CCOC(=O)C1CCCN(Cc2c(O)ccc3cc(-c4ccc(OC)cc4OC)c(=O)oc23)C1. The number of carbonyl (C=O) groups excluding carboxylic acids is 1. The van der Waals surface area contributed by atoms with E-state index in [4.69, 9.17) is 18.6 Å². The van der Waals surface area contributed by atoms with Gasteiger partial charge in [0.15, 0.2) is 0 Å². The molecule has 1 N–H and O–H groups in total. The van der Waals surface area contributed by atoms with Gasteiger partial charge >= 0.3 is 11.6 Å². The largest absolute Gasteiger partial charge is 0.507 e. The zero-order valence-electron chi connectivity index (χ0n) is 19.6. The first-order valence-electron chi connectivity index (χ1n) is 11.3. The number of hydrogen-bond donors (Lipinski definition) is 1. The summed E-state index contributed by atoms with van der Waals surface area (Å²) in [6.45, 7) is 3.81. The number of aromatic hydroxyl groups is 1. The lowest BCUT2D eigenvalue weighted by molar-refractivity contribution is -0.150. The van der Waals surface area contributed by atoms with E-state index in [0.717, 1.165) is 19.4 Å². The molecule has 8 heteroatoms. The van der Waals surface area contributed by atoms with Crippen LogP contribution in [0.4, 0.5) is 0 Å². The summed E-state index contributed by atoms with van der Waals surface area (Å²) in [6.07, 6.45) is 1.62. The van der Waals surface area contributed by atoms with Crippen molar-refractivity contribution < 1.29 is 28.5 Å². The van der Waals surface area contributed by atoms with Crippen LogP contribution in [0, 0.1) is 5.92 Å². The number of likely N-dealkylation sites (tertiary alicyclic amines) is 1. The highest BCUT2D eigenvalue weighted by molar-refractivity contribution is 5.86. The van der Waals surface area contributed by atoms with Gasteiger partial charge in [-0.05, 0) is 56.6 Å². The number of benzene rings is 2. The molecule has 0 saturated carbocycles. The van der Waals surface area contributed by atoms with Crippen molar-refractivity contribution in [3.8, 4) is 28.4 Å². The normalized spacial score (nSPS) is 16.4. The molecular formula is C26H29NO7. The number of piperidine rings is 1. The number of phenolic OH excluding ortho intramolecular Hbond substituents is 1. The van der Waals surface area contributed by atoms with Crippen molar-refractivity contribution in [1.29, 1.82) is 0 Å². The number of fused-ring (bicyclic) bond motifs is 1. The van der Waals surface area contributed by atoms with E-state index in [1.54, 1.807) is 50.4 Å². The highest BCUT2D eigenvalue weighted by Crippen LogP contribution is 2.35. The minimum Gasteiger partial charge on any atom is -0.507 e. The molecule has 0 radical (unpaired) electrons. The van der Waals surface area contributed by atoms with Crippen molar-refractivity contribution in [2.45, 2.75) is 26.3 Å². The van der Waals surface area contributed by atoms with Crippen LogP contribution in [0.15, 0.2) is 45.6 Å². The molecule has 1 saturated heterocycles. The fourth-order valence-electron chi connectivity index (χ4n) is 4.47. The topological polar surface area (TPSA) is 98.4 Å². The zero-order chi connectivity index (χ0) is 24.2. The van der Waals surface area contributed by atoms with Crippen molar-refractivity contribution >= 4 is 16.9 Å². The van der Waals surface area contributed by atoms with E-state index in [1.807, 2.05) is 0 Å². The van der Waals surface area contributed by atoms with Crippen LogP contribution in [0.5, 0.6) is 17.2 Å². The third-order valence-corrected chi connectivity index (χ3v) is 6.19.